The number of urea groups is 1. The molecule has 3 amide bonds. The average Bonchev–Trinajstić information content (AvgIpc) is 2.75. The molecule has 0 unspecified atom stereocenters. The molecule has 0 bridgehead atoms. The number of amides is 3. The molecule has 0 spiro atoms. The molecule has 0 aliphatic carbocycles. The van der Waals surface area contributed by atoms with Gasteiger partial charge in [0.1, 0.15) is 0 Å². The second-order valence-corrected chi connectivity index (χ2v) is 6.98. The summed E-state index contributed by atoms with van der Waals surface area (Å²) in [4.78, 5) is 27.8. The van der Waals surface area contributed by atoms with Crippen LogP contribution in [0.1, 0.15) is 23.6 Å². The normalized spacial score (nSPS) is 15.4. The van der Waals surface area contributed by atoms with E-state index in [9.17, 15) is 9.59 Å². The van der Waals surface area contributed by atoms with E-state index in [0.29, 0.717) is 13.0 Å². The van der Waals surface area contributed by atoms with Gasteiger partial charge in [0.05, 0.1) is 6.04 Å². The smallest absolute Gasteiger partial charge is 0.321 e. The Bertz CT molecular complexity index is 719. The van der Waals surface area contributed by atoms with Crippen LogP contribution >= 0.6 is 0 Å². The topological polar surface area (TPSA) is 64.7 Å². The van der Waals surface area contributed by atoms with Gasteiger partial charge in [0.2, 0.25) is 5.91 Å². The van der Waals surface area contributed by atoms with E-state index in [-0.39, 0.29) is 11.9 Å². The van der Waals surface area contributed by atoms with Crippen molar-refractivity contribution in [3.8, 4) is 0 Å². The van der Waals surface area contributed by atoms with E-state index in [2.05, 4.69) is 69.0 Å². The molecule has 2 N–H and O–H groups in total. The number of hydrogen-bond donors (Lipinski definition) is 2. The summed E-state index contributed by atoms with van der Waals surface area (Å²) in [6.07, 6.45) is 0.328. The molecular weight excluding hydrogens is 352 g/mol. The van der Waals surface area contributed by atoms with Crippen LogP contribution in [0, 0.1) is 0 Å². The van der Waals surface area contributed by atoms with E-state index in [4.69, 9.17) is 0 Å². The van der Waals surface area contributed by atoms with Crippen molar-refractivity contribution in [2.24, 2.45) is 0 Å². The molecule has 6 heteroatoms. The highest BCUT2D eigenvalue weighted by molar-refractivity contribution is 5.94. The molecule has 1 saturated heterocycles. The van der Waals surface area contributed by atoms with Crippen LogP contribution in [0.15, 0.2) is 60.7 Å². The number of carbonyl (C=O) groups is 2. The Labute approximate surface area is 166 Å². The summed E-state index contributed by atoms with van der Waals surface area (Å²) in [5.41, 5.74) is 2.60. The molecule has 148 valence electrons. The third-order valence-corrected chi connectivity index (χ3v) is 5.14. The Morgan fingerprint density at radius 1 is 0.893 bits per heavy atom. The lowest BCUT2D eigenvalue weighted by Gasteiger charge is -2.39. The second-order valence-electron chi connectivity index (χ2n) is 6.98. The van der Waals surface area contributed by atoms with Crippen molar-refractivity contribution in [3.05, 3.63) is 71.8 Å². The molecule has 0 aromatic heterocycles. The number of nitrogens with zero attached hydrogens (tertiary/aromatic N) is 2. The molecule has 1 aliphatic heterocycles. The molecule has 0 saturated carbocycles. The van der Waals surface area contributed by atoms with Crippen LogP contribution in [0.3, 0.4) is 0 Å². The molecule has 28 heavy (non-hydrogen) atoms. The predicted octanol–water partition coefficient (Wildman–Crippen LogP) is 2.24. The number of nitrogens with one attached hydrogen (secondary N) is 2. The largest absolute Gasteiger partial charge is 0.341 e. The minimum atomic E-state index is -0.455. The maximum absolute atomic E-state index is 11.8. The van der Waals surface area contributed by atoms with Gasteiger partial charge in [-0.3, -0.25) is 15.0 Å². The summed E-state index contributed by atoms with van der Waals surface area (Å²) >= 11 is 0. The summed E-state index contributed by atoms with van der Waals surface area (Å²) in [6, 6.07) is 21.0. The molecule has 1 heterocycles. The van der Waals surface area contributed by atoms with Gasteiger partial charge in [-0.05, 0) is 11.1 Å². The van der Waals surface area contributed by atoms with Crippen LogP contribution in [0.4, 0.5) is 4.79 Å². The van der Waals surface area contributed by atoms with E-state index in [1.54, 1.807) is 0 Å². The fourth-order valence-electron chi connectivity index (χ4n) is 3.64. The summed E-state index contributed by atoms with van der Waals surface area (Å²) < 4.78 is 0. The lowest BCUT2D eigenvalue weighted by atomic mass is 9.96. The first-order valence-corrected chi connectivity index (χ1v) is 9.75. The fraction of sp³-hybridized carbons (Fsp3) is 0.364. The summed E-state index contributed by atoms with van der Waals surface area (Å²) in [5, 5.41) is 4.71. The molecule has 2 aromatic carbocycles. The van der Waals surface area contributed by atoms with Gasteiger partial charge in [0.15, 0.2) is 0 Å². The summed E-state index contributed by atoms with van der Waals surface area (Å²) in [5.74, 6) is -0.242. The lowest BCUT2D eigenvalue weighted by molar-refractivity contribution is -0.120. The van der Waals surface area contributed by atoms with Crippen molar-refractivity contribution in [1.29, 1.82) is 0 Å². The monoisotopic (exact) mass is 380 g/mol. The van der Waals surface area contributed by atoms with Gasteiger partial charge in [-0.15, -0.1) is 0 Å². The predicted molar refractivity (Wildman–Crippen MR) is 110 cm³/mol. The molecular formula is C22H28N4O2. The van der Waals surface area contributed by atoms with Gasteiger partial charge in [0.25, 0.3) is 0 Å². The van der Waals surface area contributed by atoms with Gasteiger partial charge in [-0.2, -0.15) is 0 Å². The first kappa shape index (κ1) is 20.0. The number of rotatable bonds is 6. The first-order valence-electron chi connectivity index (χ1n) is 9.75. The highest BCUT2D eigenvalue weighted by Crippen LogP contribution is 2.29. The van der Waals surface area contributed by atoms with Gasteiger partial charge < -0.3 is 10.2 Å². The van der Waals surface area contributed by atoms with Crippen LogP contribution in [-0.4, -0.2) is 61.5 Å². The van der Waals surface area contributed by atoms with Crippen molar-refractivity contribution >= 4 is 11.9 Å². The molecule has 3 rings (SSSR count). The first-order chi connectivity index (χ1) is 13.7. The minimum Gasteiger partial charge on any atom is -0.341 e. The standard InChI is InChI=1S/C22H28N4O2/c1-23-22(28)24-20(27)12-13-25-14-16-26(17-15-25)21(18-8-4-2-5-9-18)19-10-6-3-7-11-19/h2-11,21H,12-17H2,1H3,(H2,23,24,27,28). The quantitative estimate of drug-likeness (QED) is 0.807. The Morgan fingerprint density at radius 2 is 1.43 bits per heavy atom. The van der Waals surface area contributed by atoms with Crippen LogP contribution < -0.4 is 10.6 Å². The second kappa shape index (κ2) is 10.0. The number of hydrogen-bond acceptors (Lipinski definition) is 4. The highest BCUT2D eigenvalue weighted by Gasteiger charge is 2.26. The summed E-state index contributed by atoms with van der Waals surface area (Å²) in [6.45, 7) is 4.35. The Morgan fingerprint density at radius 3 is 1.93 bits per heavy atom. The maximum Gasteiger partial charge on any atom is 0.321 e. The van der Waals surface area contributed by atoms with Gasteiger partial charge in [-0.1, -0.05) is 60.7 Å². The van der Waals surface area contributed by atoms with Crippen molar-refractivity contribution < 1.29 is 9.59 Å². The number of imide groups is 1. The number of piperazine rings is 1. The third kappa shape index (κ3) is 5.41. The van der Waals surface area contributed by atoms with E-state index in [0.717, 1.165) is 26.2 Å². The molecule has 2 aromatic rings. The Balaban J connectivity index is 1.59. The van der Waals surface area contributed by atoms with E-state index < -0.39 is 6.03 Å². The van der Waals surface area contributed by atoms with Gasteiger partial charge in [-0.25, -0.2) is 4.79 Å². The van der Waals surface area contributed by atoms with Crippen molar-refractivity contribution in [2.45, 2.75) is 12.5 Å². The number of benzene rings is 2. The highest BCUT2D eigenvalue weighted by atomic mass is 16.2. The maximum atomic E-state index is 11.8. The van der Waals surface area contributed by atoms with Crippen LogP contribution in [-0.2, 0) is 4.79 Å². The average molecular weight is 380 g/mol. The van der Waals surface area contributed by atoms with Crippen LogP contribution in [0.5, 0.6) is 0 Å². The minimum absolute atomic E-state index is 0.237. The fourth-order valence-corrected chi connectivity index (χ4v) is 3.64. The zero-order valence-electron chi connectivity index (χ0n) is 16.3. The summed E-state index contributed by atoms with van der Waals surface area (Å²) in [7, 11) is 1.50. The zero-order chi connectivity index (χ0) is 19.8. The number of carbonyl (C=O) groups excluding carboxylic acids is 2. The molecule has 1 fully saturated rings. The van der Waals surface area contributed by atoms with Crippen LogP contribution in [0.2, 0.25) is 0 Å². The van der Waals surface area contributed by atoms with E-state index in [1.165, 1.54) is 18.2 Å². The van der Waals surface area contributed by atoms with E-state index >= 15 is 0 Å². The third-order valence-electron chi connectivity index (χ3n) is 5.14. The zero-order valence-corrected chi connectivity index (χ0v) is 16.3. The van der Waals surface area contributed by atoms with Crippen molar-refractivity contribution in [1.82, 2.24) is 20.4 Å². The molecule has 1 aliphatic rings. The van der Waals surface area contributed by atoms with Crippen LogP contribution in [0.25, 0.3) is 0 Å². The Hall–Kier alpha value is -2.70. The molecule has 0 atom stereocenters. The van der Waals surface area contributed by atoms with Gasteiger partial charge in [0, 0.05) is 46.2 Å². The Kier molecular flexibility index (Phi) is 7.17. The SMILES string of the molecule is CNC(=O)NC(=O)CCN1CCN(C(c2ccccc2)c2ccccc2)CC1. The van der Waals surface area contributed by atoms with Gasteiger partial charge >= 0.3 is 6.03 Å². The van der Waals surface area contributed by atoms with Crippen molar-refractivity contribution in [2.75, 3.05) is 39.8 Å². The molecule has 6 nitrogen and oxygen atoms in total. The molecule has 0 radical (unpaired) electrons. The lowest BCUT2D eigenvalue weighted by Crippen LogP contribution is -2.48. The van der Waals surface area contributed by atoms with E-state index in [1.807, 2.05) is 12.1 Å². The van der Waals surface area contributed by atoms with Crippen molar-refractivity contribution in [3.63, 3.8) is 0 Å².